The van der Waals surface area contributed by atoms with Crippen LogP contribution in [0.3, 0.4) is 0 Å². The third-order valence-corrected chi connectivity index (χ3v) is 9.98. The first-order valence-corrected chi connectivity index (χ1v) is 15.9. The summed E-state index contributed by atoms with van der Waals surface area (Å²) in [4.78, 5) is 15.5. The van der Waals surface area contributed by atoms with Crippen molar-refractivity contribution in [3.8, 4) is 5.69 Å². The number of nitrogens with one attached hydrogen (secondary N) is 1. The molecule has 1 saturated carbocycles. The van der Waals surface area contributed by atoms with Gasteiger partial charge in [0.05, 0.1) is 11.3 Å². The van der Waals surface area contributed by atoms with Crippen LogP contribution in [0, 0.1) is 12.8 Å². The molecule has 4 aromatic carbocycles. The molecule has 6 nitrogen and oxygen atoms in total. The van der Waals surface area contributed by atoms with Crippen molar-refractivity contribution >= 4 is 5.69 Å². The summed E-state index contributed by atoms with van der Waals surface area (Å²) in [5.74, 6) is -2.80. The number of aryl methyl sites for hydroxylation is 1. The van der Waals surface area contributed by atoms with Gasteiger partial charge in [0.25, 0.3) is 5.56 Å². The van der Waals surface area contributed by atoms with Gasteiger partial charge < -0.3 is 15.1 Å². The molecular formula is C39H34F3N3O3-2. The maximum atomic E-state index is 14.3. The van der Waals surface area contributed by atoms with E-state index in [0.717, 1.165) is 38.3 Å². The minimum absolute atomic E-state index is 0.175. The van der Waals surface area contributed by atoms with E-state index in [4.69, 9.17) is 0 Å². The van der Waals surface area contributed by atoms with Crippen LogP contribution in [0.2, 0.25) is 0 Å². The number of alkyl halides is 3. The number of rotatable bonds is 7. The standard InChI is InChI=1S/C39H34F3N3O3/c1-24-17-19-26(20-18-24)23-38(22-25-11-5-3-6-12-25)29-15-9-10-16-30(29)44(2)31(38)21-28-34(46)32(35(28)47)33-36(39(40,41)42)43-45(37(33)48)27-13-7-4-8-14-27/h3-21,28,32,34-35,43H,22-23H2,1-2H3/q-2. The van der Waals surface area contributed by atoms with Crippen LogP contribution in [-0.4, -0.2) is 29.0 Å². The van der Waals surface area contributed by atoms with E-state index in [1.54, 1.807) is 24.3 Å². The van der Waals surface area contributed by atoms with Gasteiger partial charge >= 0.3 is 6.18 Å². The van der Waals surface area contributed by atoms with Crippen molar-refractivity contribution in [1.82, 2.24) is 9.78 Å². The average molecular weight is 650 g/mol. The number of fused-ring (bicyclic) bond motifs is 1. The van der Waals surface area contributed by atoms with Crippen molar-refractivity contribution in [1.29, 1.82) is 0 Å². The Morgan fingerprint density at radius 2 is 1.38 bits per heavy atom. The number of likely N-dealkylation sites (N-methyl/N-ethyl adjacent to an activating group) is 1. The number of H-pyrrole nitrogens is 1. The fraction of sp³-hybridized carbons (Fsp3) is 0.256. The Morgan fingerprint density at radius 1 is 0.812 bits per heavy atom. The molecule has 0 spiro atoms. The number of nitrogens with zero attached hydrogens (tertiary/aromatic N) is 2. The quantitative estimate of drug-likeness (QED) is 0.255. The minimum atomic E-state index is -4.97. The summed E-state index contributed by atoms with van der Waals surface area (Å²) in [5, 5.41) is 30.1. The number of benzene rings is 4. The molecule has 0 amide bonds. The van der Waals surface area contributed by atoms with Crippen LogP contribution in [0.1, 0.15) is 39.4 Å². The molecule has 3 atom stereocenters. The van der Waals surface area contributed by atoms with Gasteiger partial charge in [-0.2, -0.15) is 13.2 Å². The molecule has 1 fully saturated rings. The van der Waals surface area contributed by atoms with Gasteiger partial charge in [-0.25, -0.2) is 4.68 Å². The van der Waals surface area contributed by atoms with Crippen LogP contribution in [0.25, 0.3) is 5.69 Å². The highest BCUT2D eigenvalue weighted by Gasteiger charge is 2.50. The highest BCUT2D eigenvalue weighted by atomic mass is 19.4. The van der Waals surface area contributed by atoms with Gasteiger partial charge in [0.2, 0.25) is 0 Å². The van der Waals surface area contributed by atoms with Gasteiger partial charge in [0.15, 0.2) is 0 Å². The van der Waals surface area contributed by atoms with Crippen LogP contribution in [0.15, 0.2) is 126 Å². The van der Waals surface area contributed by atoms with Crippen LogP contribution in [-0.2, 0) is 24.4 Å². The smallest absolute Gasteiger partial charge is 0.433 e. The first-order chi connectivity index (χ1) is 23.0. The van der Waals surface area contributed by atoms with Crippen molar-refractivity contribution in [2.75, 3.05) is 11.9 Å². The number of hydrogen-bond donors (Lipinski definition) is 1. The number of aromatic amines is 1. The van der Waals surface area contributed by atoms with E-state index in [1.165, 1.54) is 12.1 Å². The van der Waals surface area contributed by atoms with Crippen LogP contribution >= 0.6 is 0 Å². The van der Waals surface area contributed by atoms with E-state index >= 15 is 0 Å². The molecule has 1 aromatic heterocycles. The van der Waals surface area contributed by atoms with E-state index < -0.39 is 52.5 Å². The van der Waals surface area contributed by atoms with Crippen molar-refractivity contribution in [3.63, 3.8) is 0 Å². The lowest BCUT2D eigenvalue weighted by molar-refractivity contribution is -0.543. The summed E-state index contributed by atoms with van der Waals surface area (Å²) >= 11 is 0. The van der Waals surface area contributed by atoms with Gasteiger partial charge in [0.1, 0.15) is 5.69 Å². The van der Waals surface area contributed by atoms with Gasteiger partial charge in [-0.3, -0.25) is 9.89 Å². The summed E-state index contributed by atoms with van der Waals surface area (Å²) < 4.78 is 43.6. The molecule has 0 radical (unpaired) electrons. The molecule has 2 heterocycles. The Balaban J connectivity index is 1.33. The number of para-hydroxylation sites is 2. The summed E-state index contributed by atoms with van der Waals surface area (Å²) in [6, 6.07) is 34.0. The van der Waals surface area contributed by atoms with Gasteiger partial charge in [-0.15, -0.1) is 12.2 Å². The number of aromatic nitrogens is 2. The minimum Gasteiger partial charge on any atom is -0.851 e. The number of halogens is 3. The molecule has 0 saturated heterocycles. The second-order valence-electron chi connectivity index (χ2n) is 12.9. The Hall–Kier alpha value is -4.86. The molecule has 1 N–H and O–H groups in total. The van der Waals surface area contributed by atoms with Crippen molar-refractivity contribution in [2.24, 2.45) is 5.92 Å². The maximum Gasteiger partial charge on any atom is 0.433 e. The fourth-order valence-corrected chi connectivity index (χ4v) is 7.61. The third-order valence-electron chi connectivity index (χ3n) is 9.98. The molecule has 0 bridgehead atoms. The monoisotopic (exact) mass is 649 g/mol. The van der Waals surface area contributed by atoms with Crippen LogP contribution < -0.4 is 20.7 Å². The zero-order chi connectivity index (χ0) is 33.8. The lowest BCUT2D eigenvalue weighted by Crippen LogP contribution is -2.66. The lowest BCUT2D eigenvalue weighted by Gasteiger charge is -2.60. The normalized spacial score (nSPS) is 24.5. The Kier molecular flexibility index (Phi) is 7.92. The van der Waals surface area contributed by atoms with Crippen molar-refractivity contribution in [3.05, 3.63) is 165 Å². The predicted octanol–water partition coefficient (Wildman–Crippen LogP) is 5.42. The second-order valence-corrected chi connectivity index (χ2v) is 12.9. The van der Waals surface area contributed by atoms with Gasteiger partial charge in [-0.1, -0.05) is 103 Å². The molecule has 246 valence electrons. The number of anilines is 1. The first kappa shape index (κ1) is 31.7. The van der Waals surface area contributed by atoms with E-state index in [0.29, 0.717) is 12.8 Å². The van der Waals surface area contributed by atoms with E-state index in [9.17, 15) is 28.2 Å². The molecule has 48 heavy (non-hydrogen) atoms. The van der Waals surface area contributed by atoms with E-state index in [2.05, 4.69) is 35.4 Å². The molecule has 2 aliphatic rings. The number of hydrogen-bond acceptors (Lipinski definition) is 4. The average Bonchev–Trinajstić information content (AvgIpc) is 3.53. The van der Waals surface area contributed by atoms with Crippen molar-refractivity contribution in [2.45, 2.75) is 49.5 Å². The largest absolute Gasteiger partial charge is 0.851 e. The molecule has 5 aromatic rings. The Labute approximate surface area is 276 Å². The predicted molar refractivity (Wildman–Crippen MR) is 175 cm³/mol. The van der Waals surface area contributed by atoms with E-state index in [1.807, 2.05) is 67.4 Å². The number of allylic oxidation sites excluding steroid dienone is 1. The molecule has 7 rings (SSSR count). The third kappa shape index (κ3) is 5.27. The summed E-state index contributed by atoms with van der Waals surface area (Å²) in [7, 11) is 1.90. The zero-order valence-electron chi connectivity index (χ0n) is 26.4. The van der Waals surface area contributed by atoms with Crippen molar-refractivity contribution < 1.29 is 23.4 Å². The zero-order valence-corrected chi connectivity index (χ0v) is 26.4. The maximum absolute atomic E-state index is 14.3. The molecule has 9 heteroatoms. The topological polar surface area (TPSA) is 87.1 Å². The SMILES string of the molecule is Cc1ccc(CC2(Cc3ccccc3)C(=CC3C([O-])C(c4c(C(F)(F)F)[nH]n(-c5ccccc5)c4=O)C3[O-])N(C)c3ccccc32)cc1. The highest BCUT2D eigenvalue weighted by Crippen LogP contribution is 2.53. The second kappa shape index (κ2) is 12.0. The Morgan fingerprint density at radius 3 is 2.00 bits per heavy atom. The summed E-state index contributed by atoms with van der Waals surface area (Å²) in [6.45, 7) is 2.02. The Bertz CT molecular complexity index is 2010. The van der Waals surface area contributed by atoms with Crippen LogP contribution in [0.4, 0.5) is 18.9 Å². The lowest BCUT2D eigenvalue weighted by atomic mass is 9.63. The fourth-order valence-electron chi connectivity index (χ4n) is 7.61. The molecule has 1 aliphatic heterocycles. The van der Waals surface area contributed by atoms with Gasteiger partial charge in [-0.05, 0) is 66.5 Å². The van der Waals surface area contributed by atoms with Crippen LogP contribution in [0.5, 0.6) is 0 Å². The first-order valence-electron chi connectivity index (χ1n) is 15.9. The highest BCUT2D eigenvalue weighted by molar-refractivity contribution is 5.71. The van der Waals surface area contributed by atoms with E-state index in [-0.39, 0.29) is 5.69 Å². The molecular weight excluding hydrogens is 615 g/mol. The summed E-state index contributed by atoms with van der Waals surface area (Å²) in [6.07, 6.45) is -5.64. The summed E-state index contributed by atoms with van der Waals surface area (Å²) in [5.41, 5.74) is 2.30. The molecule has 1 aliphatic carbocycles. The van der Waals surface area contributed by atoms with Gasteiger partial charge in [0, 0.05) is 23.8 Å². The molecule has 3 unspecified atom stereocenters.